The molecule has 0 atom stereocenters. The average Bonchev–Trinajstić information content (AvgIpc) is 3.12. The molecule has 0 spiro atoms. The van der Waals surface area contributed by atoms with E-state index in [0.29, 0.717) is 13.1 Å². The molecule has 0 unspecified atom stereocenters. The van der Waals surface area contributed by atoms with Gasteiger partial charge in [0.2, 0.25) is 5.91 Å². The second kappa shape index (κ2) is 5.12. The number of hydrogen-bond donors (Lipinski definition) is 1. The number of carbonyl (C=O) groups is 1. The van der Waals surface area contributed by atoms with Gasteiger partial charge >= 0.3 is 0 Å². The number of fused-ring (bicyclic) bond motifs is 2. The zero-order valence-electron chi connectivity index (χ0n) is 12.9. The summed E-state index contributed by atoms with van der Waals surface area (Å²) < 4.78 is 1.95. The second-order valence-corrected chi connectivity index (χ2v) is 6.00. The first kappa shape index (κ1) is 13.8. The van der Waals surface area contributed by atoms with Crippen molar-refractivity contribution in [2.24, 2.45) is 0 Å². The summed E-state index contributed by atoms with van der Waals surface area (Å²) in [6.07, 6.45) is 4.11. The number of aromatic hydroxyl groups is 1. The van der Waals surface area contributed by atoms with Crippen molar-refractivity contribution in [3.05, 3.63) is 65.1 Å². The Kier molecular flexibility index (Phi) is 3.08. The largest absolute Gasteiger partial charge is 0.508 e. The van der Waals surface area contributed by atoms with Gasteiger partial charge in [-0.25, -0.2) is 4.98 Å². The van der Waals surface area contributed by atoms with Crippen molar-refractivity contribution in [1.29, 1.82) is 0 Å². The predicted molar refractivity (Wildman–Crippen MR) is 86.0 cm³/mol. The van der Waals surface area contributed by atoms with Gasteiger partial charge in [-0.15, -0.1) is 0 Å². The first-order valence-corrected chi connectivity index (χ1v) is 7.62. The molecule has 1 N–H and O–H groups in total. The van der Waals surface area contributed by atoms with Crippen molar-refractivity contribution in [3.63, 3.8) is 0 Å². The van der Waals surface area contributed by atoms with Gasteiger partial charge in [0, 0.05) is 31.0 Å². The van der Waals surface area contributed by atoms with Crippen molar-refractivity contribution >= 4 is 11.6 Å². The minimum atomic E-state index is 0.0293. The van der Waals surface area contributed by atoms with E-state index in [9.17, 15) is 9.90 Å². The van der Waals surface area contributed by atoms with Gasteiger partial charge in [-0.2, -0.15) is 0 Å². The fourth-order valence-electron chi connectivity index (χ4n) is 3.14. The summed E-state index contributed by atoms with van der Waals surface area (Å²) in [5, 5.41) is 9.89. The molecule has 4 rings (SSSR count). The van der Waals surface area contributed by atoms with Crippen LogP contribution in [0.1, 0.15) is 22.4 Å². The summed E-state index contributed by atoms with van der Waals surface area (Å²) in [7, 11) is 0. The number of aromatic nitrogens is 2. The summed E-state index contributed by atoms with van der Waals surface area (Å²) in [4.78, 5) is 18.9. The third kappa shape index (κ3) is 2.34. The Balaban J connectivity index is 1.54. The smallest absolute Gasteiger partial charge is 0.229 e. The highest BCUT2D eigenvalue weighted by molar-refractivity contribution is 5.79. The van der Waals surface area contributed by atoms with Gasteiger partial charge < -0.3 is 14.4 Å². The van der Waals surface area contributed by atoms with Crippen LogP contribution in [0, 0.1) is 6.92 Å². The maximum atomic E-state index is 12.6. The number of benzene rings is 1. The standard InChI is InChI=1S/C18H17N3O2/c1-12-4-3-7-20-10-14(19-18(12)20)8-17(23)21-9-13-5-2-6-16(22)15(13)11-21/h2-7,10,22H,8-9,11H2,1H3. The highest BCUT2D eigenvalue weighted by Gasteiger charge is 2.25. The number of phenolic OH excluding ortho intramolecular Hbond substituents is 1. The Morgan fingerprint density at radius 1 is 1.26 bits per heavy atom. The highest BCUT2D eigenvalue weighted by Crippen LogP contribution is 2.30. The van der Waals surface area contributed by atoms with Crippen LogP contribution in [0.2, 0.25) is 0 Å². The molecule has 5 nitrogen and oxygen atoms in total. The van der Waals surface area contributed by atoms with Crippen LogP contribution in [0.3, 0.4) is 0 Å². The Morgan fingerprint density at radius 3 is 2.91 bits per heavy atom. The van der Waals surface area contributed by atoms with Crippen LogP contribution in [0.25, 0.3) is 5.65 Å². The molecule has 0 saturated heterocycles. The van der Waals surface area contributed by atoms with E-state index in [1.807, 2.05) is 48.0 Å². The fourth-order valence-corrected chi connectivity index (χ4v) is 3.14. The molecule has 1 aliphatic rings. The third-order valence-electron chi connectivity index (χ3n) is 4.37. The van der Waals surface area contributed by atoms with Crippen molar-refractivity contribution in [1.82, 2.24) is 14.3 Å². The Bertz CT molecular complexity index is 914. The summed E-state index contributed by atoms with van der Waals surface area (Å²) in [5.41, 5.74) is 4.61. The lowest BCUT2D eigenvalue weighted by molar-refractivity contribution is -0.131. The molecule has 0 saturated carbocycles. The molecule has 1 amide bonds. The molecular weight excluding hydrogens is 290 g/mol. The lowest BCUT2D eigenvalue weighted by Crippen LogP contribution is -2.27. The topological polar surface area (TPSA) is 57.8 Å². The number of phenols is 1. The van der Waals surface area contributed by atoms with Crippen LogP contribution in [-0.4, -0.2) is 25.3 Å². The minimum Gasteiger partial charge on any atom is -0.508 e. The predicted octanol–water partition coefficient (Wildman–Crippen LogP) is 2.43. The minimum absolute atomic E-state index is 0.0293. The van der Waals surface area contributed by atoms with E-state index in [4.69, 9.17) is 0 Å². The normalized spacial score (nSPS) is 13.5. The number of amides is 1. The van der Waals surface area contributed by atoms with E-state index in [0.717, 1.165) is 28.0 Å². The van der Waals surface area contributed by atoms with Crippen molar-refractivity contribution in [2.75, 3.05) is 0 Å². The lowest BCUT2D eigenvalue weighted by atomic mass is 10.1. The Labute approximate surface area is 133 Å². The molecule has 0 fully saturated rings. The van der Waals surface area contributed by atoms with Gasteiger partial charge in [0.15, 0.2) is 0 Å². The van der Waals surface area contributed by atoms with Gasteiger partial charge in [-0.3, -0.25) is 4.79 Å². The molecule has 1 aromatic carbocycles. The van der Waals surface area contributed by atoms with E-state index in [1.165, 1.54) is 0 Å². The molecule has 3 heterocycles. The molecule has 0 bridgehead atoms. The van der Waals surface area contributed by atoms with E-state index in [1.54, 1.807) is 11.0 Å². The summed E-state index contributed by atoms with van der Waals surface area (Å²) in [5.74, 6) is 0.294. The number of nitrogens with zero attached hydrogens (tertiary/aromatic N) is 3. The second-order valence-electron chi connectivity index (χ2n) is 6.00. The van der Waals surface area contributed by atoms with E-state index >= 15 is 0 Å². The number of imidazole rings is 1. The highest BCUT2D eigenvalue weighted by atomic mass is 16.3. The average molecular weight is 307 g/mol. The van der Waals surface area contributed by atoms with E-state index < -0.39 is 0 Å². The molecule has 23 heavy (non-hydrogen) atoms. The molecule has 2 aromatic heterocycles. The summed E-state index contributed by atoms with van der Waals surface area (Å²) >= 11 is 0. The van der Waals surface area contributed by atoms with Gasteiger partial charge in [0.05, 0.1) is 12.1 Å². The van der Waals surface area contributed by atoms with Crippen LogP contribution in [-0.2, 0) is 24.3 Å². The van der Waals surface area contributed by atoms with Gasteiger partial charge in [0.1, 0.15) is 11.4 Å². The summed E-state index contributed by atoms with van der Waals surface area (Å²) in [6.45, 7) is 3.02. The monoisotopic (exact) mass is 307 g/mol. The lowest BCUT2D eigenvalue weighted by Gasteiger charge is -2.14. The zero-order chi connectivity index (χ0) is 16.0. The van der Waals surface area contributed by atoms with E-state index in [-0.39, 0.29) is 18.1 Å². The van der Waals surface area contributed by atoms with Gasteiger partial charge in [-0.1, -0.05) is 18.2 Å². The number of hydrogen-bond acceptors (Lipinski definition) is 3. The Morgan fingerprint density at radius 2 is 2.13 bits per heavy atom. The molecule has 0 radical (unpaired) electrons. The summed E-state index contributed by atoms with van der Waals surface area (Å²) in [6, 6.07) is 9.41. The number of carbonyl (C=O) groups excluding carboxylic acids is 1. The quantitative estimate of drug-likeness (QED) is 0.791. The van der Waals surface area contributed by atoms with Crippen molar-refractivity contribution in [3.8, 4) is 5.75 Å². The molecule has 0 aliphatic carbocycles. The first-order chi connectivity index (χ1) is 11.1. The number of rotatable bonds is 2. The van der Waals surface area contributed by atoms with Crippen LogP contribution < -0.4 is 0 Å². The maximum Gasteiger partial charge on any atom is 0.229 e. The molecule has 116 valence electrons. The van der Waals surface area contributed by atoms with Gasteiger partial charge in [-0.05, 0) is 30.2 Å². The maximum absolute atomic E-state index is 12.6. The van der Waals surface area contributed by atoms with Crippen molar-refractivity contribution < 1.29 is 9.90 Å². The first-order valence-electron chi connectivity index (χ1n) is 7.62. The van der Waals surface area contributed by atoms with E-state index in [2.05, 4.69) is 4.98 Å². The van der Waals surface area contributed by atoms with Gasteiger partial charge in [0.25, 0.3) is 0 Å². The molecular formula is C18H17N3O2. The van der Waals surface area contributed by atoms with Crippen LogP contribution in [0.5, 0.6) is 5.75 Å². The van der Waals surface area contributed by atoms with Crippen molar-refractivity contribution in [2.45, 2.75) is 26.4 Å². The number of pyridine rings is 1. The SMILES string of the molecule is Cc1cccn2cc(CC(=O)N3Cc4cccc(O)c4C3)nc12. The molecule has 5 heteroatoms. The number of aryl methyl sites for hydroxylation is 1. The Hall–Kier alpha value is -2.82. The van der Waals surface area contributed by atoms with Crippen LogP contribution in [0.4, 0.5) is 0 Å². The fraction of sp³-hybridized carbons (Fsp3) is 0.222. The molecule has 1 aliphatic heterocycles. The zero-order valence-corrected chi connectivity index (χ0v) is 12.9. The third-order valence-corrected chi connectivity index (χ3v) is 4.37. The molecule has 3 aromatic rings. The van der Waals surface area contributed by atoms with Crippen LogP contribution in [0.15, 0.2) is 42.7 Å². The van der Waals surface area contributed by atoms with Crippen LogP contribution >= 0.6 is 0 Å².